The highest BCUT2D eigenvalue weighted by atomic mass is 19.4. The molecular formula is C7H4F3N3O4. The molecule has 0 heterocycles. The second kappa shape index (κ2) is 3.88. The van der Waals surface area contributed by atoms with Crippen molar-refractivity contribution in [2.75, 3.05) is 5.73 Å². The van der Waals surface area contributed by atoms with E-state index in [1.54, 1.807) is 0 Å². The zero-order valence-corrected chi connectivity index (χ0v) is 7.89. The molecule has 1 rings (SSSR count). The van der Waals surface area contributed by atoms with Crippen molar-refractivity contribution in [3.05, 3.63) is 37.9 Å². The van der Waals surface area contributed by atoms with Gasteiger partial charge in [-0.25, -0.2) is 0 Å². The number of benzene rings is 1. The Morgan fingerprint density at radius 1 is 1.12 bits per heavy atom. The van der Waals surface area contributed by atoms with Crippen LogP contribution in [0.1, 0.15) is 5.56 Å². The minimum absolute atomic E-state index is 0.257. The van der Waals surface area contributed by atoms with E-state index in [2.05, 4.69) is 0 Å². The maximum absolute atomic E-state index is 12.4. The first kappa shape index (κ1) is 12.7. The van der Waals surface area contributed by atoms with E-state index < -0.39 is 38.6 Å². The predicted octanol–water partition coefficient (Wildman–Crippen LogP) is 2.10. The summed E-state index contributed by atoms with van der Waals surface area (Å²) in [6.45, 7) is 0. The van der Waals surface area contributed by atoms with Gasteiger partial charge in [0, 0.05) is 6.07 Å². The summed E-state index contributed by atoms with van der Waals surface area (Å²) in [5.41, 5.74) is -0.184. The summed E-state index contributed by atoms with van der Waals surface area (Å²) >= 11 is 0. The van der Waals surface area contributed by atoms with Gasteiger partial charge in [-0.3, -0.25) is 20.2 Å². The molecule has 2 N–H and O–H groups in total. The van der Waals surface area contributed by atoms with Crippen molar-refractivity contribution in [2.24, 2.45) is 0 Å². The van der Waals surface area contributed by atoms with Crippen LogP contribution in [0.2, 0.25) is 0 Å². The molecule has 0 bridgehead atoms. The molecule has 0 saturated carbocycles. The number of nitro benzene ring substituents is 2. The Bertz CT molecular complexity index is 500. The molecule has 0 saturated heterocycles. The quantitative estimate of drug-likeness (QED) is 0.491. The zero-order chi connectivity index (χ0) is 13.4. The van der Waals surface area contributed by atoms with Crippen LogP contribution in [0.15, 0.2) is 12.1 Å². The normalized spacial score (nSPS) is 11.2. The molecule has 0 radical (unpaired) electrons. The van der Waals surface area contributed by atoms with E-state index in [1.165, 1.54) is 0 Å². The molecule has 0 unspecified atom stereocenters. The fraction of sp³-hybridized carbons (Fsp3) is 0.143. The Kier molecular flexibility index (Phi) is 2.90. The van der Waals surface area contributed by atoms with Gasteiger partial charge in [0.05, 0.1) is 9.85 Å². The molecule has 17 heavy (non-hydrogen) atoms. The van der Waals surface area contributed by atoms with E-state index in [9.17, 15) is 33.4 Å². The maximum atomic E-state index is 12.4. The largest absolute Gasteiger partial charge is 0.423 e. The second-order valence-electron chi connectivity index (χ2n) is 2.91. The van der Waals surface area contributed by atoms with Gasteiger partial charge in [-0.1, -0.05) is 0 Å². The van der Waals surface area contributed by atoms with Crippen molar-refractivity contribution in [3.63, 3.8) is 0 Å². The highest BCUT2D eigenvalue weighted by molar-refractivity contribution is 5.74. The Morgan fingerprint density at radius 3 is 2.00 bits per heavy atom. The number of hydrogen-bond donors (Lipinski definition) is 1. The minimum Gasteiger partial charge on any atom is -0.387 e. The minimum atomic E-state index is -5.01. The molecule has 0 atom stereocenters. The molecule has 0 aromatic heterocycles. The molecule has 1 aromatic rings. The number of halogens is 3. The third-order valence-electron chi connectivity index (χ3n) is 1.88. The summed E-state index contributed by atoms with van der Waals surface area (Å²) in [4.78, 5) is 18.4. The Hall–Kier alpha value is -2.39. The van der Waals surface area contributed by atoms with Crippen molar-refractivity contribution >= 4 is 17.1 Å². The van der Waals surface area contributed by atoms with E-state index in [0.29, 0.717) is 6.07 Å². The molecule has 0 fully saturated rings. The molecule has 0 aliphatic carbocycles. The van der Waals surface area contributed by atoms with Gasteiger partial charge in [-0.05, 0) is 6.07 Å². The van der Waals surface area contributed by atoms with Crippen LogP contribution >= 0.6 is 0 Å². The van der Waals surface area contributed by atoms with E-state index in [1.807, 2.05) is 0 Å². The third kappa shape index (κ3) is 2.24. The molecule has 0 amide bonds. The molecule has 10 heteroatoms. The first-order valence-corrected chi connectivity index (χ1v) is 3.94. The smallest absolute Gasteiger partial charge is 0.387 e. The van der Waals surface area contributed by atoms with Crippen LogP contribution in [0.3, 0.4) is 0 Å². The molecule has 0 aliphatic heterocycles. The third-order valence-corrected chi connectivity index (χ3v) is 1.88. The topological polar surface area (TPSA) is 112 Å². The summed E-state index contributed by atoms with van der Waals surface area (Å²) in [5, 5.41) is 20.8. The van der Waals surface area contributed by atoms with Gasteiger partial charge in [-0.15, -0.1) is 0 Å². The van der Waals surface area contributed by atoms with Crippen molar-refractivity contribution in [2.45, 2.75) is 6.18 Å². The molecule has 7 nitrogen and oxygen atoms in total. The molecule has 0 spiro atoms. The number of alkyl halides is 3. The van der Waals surface area contributed by atoms with E-state index >= 15 is 0 Å². The second-order valence-corrected chi connectivity index (χ2v) is 2.91. The van der Waals surface area contributed by atoms with Crippen LogP contribution in [0.25, 0.3) is 0 Å². The van der Waals surface area contributed by atoms with E-state index in [0.717, 1.165) is 0 Å². The van der Waals surface area contributed by atoms with Crippen LogP contribution in [-0.2, 0) is 6.18 Å². The fourth-order valence-electron chi connectivity index (χ4n) is 1.18. The van der Waals surface area contributed by atoms with Crippen LogP contribution in [-0.4, -0.2) is 9.85 Å². The van der Waals surface area contributed by atoms with E-state index in [-0.39, 0.29) is 6.07 Å². The lowest BCUT2D eigenvalue weighted by Gasteiger charge is -2.08. The van der Waals surface area contributed by atoms with Crippen molar-refractivity contribution < 1.29 is 23.0 Å². The Balaban J connectivity index is 3.63. The Morgan fingerprint density at radius 2 is 1.65 bits per heavy atom. The molecule has 92 valence electrons. The van der Waals surface area contributed by atoms with Gasteiger partial charge in [0.2, 0.25) is 0 Å². The van der Waals surface area contributed by atoms with Crippen molar-refractivity contribution in [3.8, 4) is 0 Å². The van der Waals surface area contributed by atoms with Gasteiger partial charge in [-0.2, -0.15) is 13.2 Å². The maximum Gasteiger partial charge on any atom is 0.423 e. The van der Waals surface area contributed by atoms with Crippen LogP contribution < -0.4 is 5.73 Å². The number of anilines is 1. The lowest BCUT2D eigenvalue weighted by atomic mass is 10.1. The SMILES string of the molecule is Nc1c([N+](=O)[O-])ccc(C(F)(F)F)c1[N+](=O)[O-]. The predicted molar refractivity (Wildman–Crippen MR) is 49.2 cm³/mol. The number of nitrogen functional groups attached to an aromatic ring is 1. The average Bonchev–Trinajstić information content (AvgIpc) is 2.14. The van der Waals surface area contributed by atoms with Crippen LogP contribution in [0.4, 0.5) is 30.2 Å². The summed E-state index contributed by atoms with van der Waals surface area (Å²) in [6, 6.07) is 0.734. The van der Waals surface area contributed by atoms with E-state index in [4.69, 9.17) is 5.73 Å². The first-order chi connectivity index (χ1) is 7.66. The number of nitrogens with two attached hydrogens (primary N) is 1. The fourth-order valence-corrected chi connectivity index (χ4v) is 1.18. The van der Waals surface area contributed by atoms with Crippen LogP contribution in [0, 0.1) is 20.2 Å². The lowest BCUT2D eigenvalue weighted by molar-refractivity contribution is -0.394. The first-order valence-electron chi connectivity index (χ1n) is 3.94. The van der Waals surface area contributed by atoms with Gasteiger partial charge in [0.15, 0.2) is 5.69 Å². The zero-order valence-electron chi connectivity index (χ0n) is 7.89. The Labute approximate surface area is 90.9 Å². The number of nitrogens with zero attached hydrogens (tertiary/aromatic N) is 2. The standard InChI is InChI=1S/C7H4F3N3O4/c8-7(9,10)3-1-2-4(12(14)15)5(11)6(3)13(16)17/h1-2H,11H2. The van der Waals surface area contributed by atoms with Gasteiger partial charge < -0.3 is 5.73 Å². The summed E-state index contributed by atoms with van der Waals surface area (Å²) < 4.78 is 37.2. The highest BCUT2D eigenvalue weighted by Crippen LogP contribution is 2.42. The van der Waals surface area contributed by atoms with Crippen molar-refractivity contribution in [1.29, 1.82) is 0 Å². The number of rotatable bonds is 2. The molecular weight excluding hydrogens is 247 g/mol. The average molecular weight is 251 g/mol. The highest BCUT2D eigenvalue weighted by Gasteiger charge is 2.41. The molecule has 0 aliphatic rings. The summed E-state index contributed by atoms with van der Waals surface area (Å²) in [7, 11) is 0. The molecule has 1 aromatic carbocycles. The number of nitro groups is 2. The van der Waals surface area contributed by atoms with Gasteiger partial charge in [0.25, 0.3) is 5.69 Å². The van der Waals surface area contributed by atoms with Crippen LogP contribution in [0.5, 0.6) is 0 Å². The number of hydrogen-bond acceptors (Lipinski definition) is 5. The summed E-state index contributed by atoms with van der Waals surface area (Å²) in [5.74, 6) is 0. The summed E-state index contributed by atoms with van der Waals surface area (Å²) in [6.07, 6.45) is -5.01. The van der Waals surface area contributed by atoms with Crippen molar-refractivity contribution in [1.82, 2.24) is 0 Å². The lowest BCUT2D eigenvalue weighted by Crippen LogP contribution is -2.11. The van der Waals surface area contributed by atoms with Gasteiger partial charge >= 0.3 is 11.9 Å². The van der Waals surface area contributed by atoms with Gasteiger partial charge in [0.1, 0.15) is 5.56 Å². The monoisotopic (exact) mass is 251 g/mol.